The fourth-order valence-corrected chi connectivity index (χ4v) is 3.60. The molecule has 5 heteroatoms. The topological polar surface area (TPSA) is 55.4 Å². The molecule has 1 saturated carbocycles. The summed E-state index contributed by atoms with van der Waals surface area (Å²) in [5.74, 6) is -0.793. The number of carbonyl (C=O) groups excluding carboxylic acids is 2. The van der Waals surface area contributed by atoms with Crippen molar-refractivity contribution in [2.75, 3.05) is 6.54 Å². The van der Waals surface area contributed by atoms with E-state index in [1.807, 2.05) is 6.92 Å². The van der Waals surface area contributed by atoms with Gasteiger partial charge in [-0.25, -0.2) is 4.79 Å². The second kappa shape index (κ2) is 5.61. The standard InChI is InChI=1S/C13H21NO3S/c1-2-13(7-3-6-10(13)18)12(16)17-11(15)9-5-4-8-14-9/h9-10,14,18H,2-8H2,1H3/t9-,10?,13?/m0/s1. The monoisotopic (exact) mass is 271 g/mol. The molecule has 0 spiro atoms. The Balaban J connectivity index is 1.99. The molecule has 1 N–H and O–H groups in total. The van der Waals surface area contributed by atoms with Crippen LogP contribution in [0.2, 0.25) is 0 Å². The molecule has 0 amide bonds. The van der Waals surface area contributed by atoms with Crippen LogP contribution < -0.4 is 5.32 Å². The number of carbonyl (C=O) groups is 2. The lowest BCUT2D eigenvalue weighted by Gasteiger charge is -2.29. The Morgan fingerprint density at radius 1 is 1.39 bits per heavy atom. The van der Waals surface area contributed by atoms with Gasteiger partial charge in [0.15, 0.2) is 0 Å². The Morgan fingerprint density at radius 2 is 2.17 bits per heavy atom. The first-order valence-electron chi connectivity index (χ1n) is 6.77. The zero-order chi connectivity index (χ0) is 13.2. The lowest BCUT2D eigenvalue weighted by molar-refractivity contribution is -0.168. The van der Waals surface area contributed by atoms with E-state index in [1.165, 1.54) is 0 Å². The maximum absolute atomic E-state index is 12.3. The molecule has 0 radical (unpaired) electrons. The van der Waals surface area contributed by atoms with Crippen molar-refractivity contribution in [3.63, 3.8) is 0 Å². The summed E-state index contributed by atoms with van der Waals surface area (Å²) in [5.41, 5.74) is -0.558. The SMILES string of the molecule is CCC1(C(=O)OC(=O)[C@@H]2CCCN2)CCCC1S. The quantitative estimate of drug-likeness (QED) is 0.466. The third kappa shape index (κ3) is 2.43. The molecular formula is C13H21NO3S. The summed E-state index contributed by atoms with van der Waals surface area (Å²) in [6.45, 7) is 2.79. The molecular weight excluding hydrogens is 250 g/mol. The average Bonchev–Trinajstić information content (AvgIpc) is 2.98. The molecule has 1 saturated heterocycles. The predicted molar refractivity (Wildman–Crippen MR) is 71.5 cm³/mol. The third-order valence-corrected chi connectivity index (χ3v) is 5.07. The van der Waals surface area contributed by atoms with E-state index in [0.717, 1.165) is 38.6 Å². The first-order chi connectivity index (χ1) is 8.60. The van der Waals surface area contributed by atoms with Crippen LogP contribution in [0, 0.1) is 5.41 Å². The number of hydrogen-bond acceptors (Lipinski definition) is 5. The van der Waals surface area contributed by atoms with Gasteiger partial charge in [0.25, 0.3) is 0 Å². The predicted octanol–water partition coefficient (Wildman–Crippen LogP) is 1.69. The van der Waals surface area contributed by atoms with Crippen LogP contribution in [-0.2, 0) is 14.3 Å². The summed E-state index contributed by atoms with van der Waals surface area (Å²) in [6.07, 6.45) is 5.08. The van der Waals surface area contributed by atoms with Gasteiger partial charge in [0.2, 0.25) is 0 Å². The minimum Gasteiger partial charge on any atom is -0.392 e. The zero-order valence-electron chi connectivity index (χ0n) is 10.8. The van der Waals surface area contributed by atoms with Gasteiger partial charge in [0.1, 0.15) is 6.04 Å². The van der Waals surface area contributed by atoms with Crippen molar-refractivity contribution in [1.29, 1.82) is 0 Å². The van der Waals surface area contributed by atoms with Crippen molar-refractivity contribution >= 4 is 24.6 Å². The maximum atomic E-state index is 12.3. The van der Waals surface area contributed by atoms with Crippen molar-refractivity contribution in [3.05, 3.63) is 0 Å². The number of thiol groups is 1. The highest BCUT2D eigenvalue weighted by Gasteiger charge is 2.48. The van der Waals surface area contributed by atoms with Crippen LogP contribution >= 0.6 is 12.6 Å². The highest BCUT2D eigenvalue weighted by atomic mass is 32.1. The fourth-order valence-electron chi connectivity index (χ4n) is 3.00. The Kier molecular flexibility index (Phi) is 4.33. The Bertz CT molecular complexity index is 341. The summed E-state index contributed by atoms with van der Waals surface area (Å²) >= 11 is 4.50. The molecule has 2 rings (SSSR count). The Hall–Kier alpha value is -0.550. The van der Waals surface area contributed by atoms with Gasteiger partial charge in [-0.1, -0.05) is 13.3 Å². The van der Waals surface area contributed by atoms with Gasteiger partial charge in [-0.2, -0.15) is 12.6 Å². The van der Waals surface area contributed by atoms with Crippen LogP contribution in [0.15, 0.2) is 0 Å². The second-order valence-corrected chi connectivity index (χ2v) is 5.90. The highest BCUT2D eigenvalue weighted by Crippen LogP contribution is 2.45. The van der Waals surface area contributed by atoms with Crippen LogP contribution in [0.5, 0.6) is 0 Å². The maximum Gasteiger partial charge on any atom is 0.330 e. The molecule has 0 aromatic carbocycles. The van der Waals surface area contributed by atoms with Gasteiger partial charge >= 0.3 is 11.9 Å². The summed E-state index contributed by atoms with van der Waals surface area (Å²) in [5, 5.41) is 3.06. The third-order valence-electron chi connectivity index (χ3n) is 4.31. The van der Waals surface area contributed by atoms with Crippen LogP contribution in [-0.4, -0.2) is 29.8 Å². The summed E-state index contributed by atoms with van der Waals surface area (Å²) in [6, 6.07) is -0.303. The Morgan fingerprint density at radius 3 is 2.67 bits per heavy atom. The minimum absolute atomic E-state index is 0.0133. The van der Waals surface area contributed by atoms with Crippen molar-refractivity contribution in [1.82, 2.24) is 5.32 Å². The molecule has 0 bridgehead atoms. The zero-order valence-corrected chi connectivity index (χ0v) is 11.7. The van der Waals surface area contributed by atoms with Crippen LogP contribution in [0.4, 0.5) is 0 Å². The normalized spacial score (nSPS) is 35.7. The van der Waals surface area contributed by atoms with E-state index in [2.05, 4.69) is 17.9 Å². The van der Waals surface area contributed by atoms with E-state index in [9.17, 15) is 9.59 Å². The number of ether oxygens (including phenoxy) is 1. The number of hydrogen-bond donors (Lipinski definition) is 2. The van der Waals surface area contributed by atoms with Crippen LogP contribution in [0.1, 0.15) is 45.4 Å². The summed E-state index contributed by atoms with van der Waals surface area (Å²) in [4.78, 5) is 24.1. The van der Waals surface area contributed by atoms with Gasteiger partial charge in [-0.15, -0.1) is 0 Å². The number of nitrogens with one attached hydrogen (secondary N) is 1. The highest BCUT2D eigenvalue weighted by molar-refractivity contribution is 7.81. The van der Waals surface area contributed by atoms with Crippen molar-refractivity contribution in [3.8, 4) is 0 Å². The number of esters is 2. The summed E-state index contributed by atoms with van der Waals surface area (Å²) < 4.78 is 5.09. The molecule has 4 nitrogen and oxygen atoms in total. The summed E-state index contributed by atoms with van der Waals surface area (Å²) in [7, 11) is 0. The minimum atomic E-state index is -0.558. The van der Waals surface area contributed by atoms with E-state index >= 15 is 0 Å². The van der Waals surface area contributed by atoms with E-state index in [4.69, 9.17) is 4.74 Å². The van der Waals surface area contributed by atoms with Crippen LogP contribution in [0.3, 0.4) is 0 Å². The van der Waals surface area contributed by atoms with Gasteiger partial charge in [0.05, 0.1) is 5.41 Å². The molecule has 2 aliphatic rings. The molecule has 3 atom stereocenters. The number of rotatable bonds is 3. The van der Waals surface area contributed by atoms with E-state index in [-0.39, 0.29) is 17.3 Å². The fraction of sp³-hybridized carbons (Fsp3) is 0.846. The van der Waals surface area contributed by atoms with Crippen molar-refractivity contribution in [2.24, 2.45) is 5.41 Å². The molecule has 1 heterocycles. The van der Waals surface area contributed by atoms with Gasteiger partial charge in [0, 0.05) is 5.25 Å². The first-order valence-corrected chi connectivity index (χ1v) is 7.29. The average molecular weight is 271 g/mol. The first kappa shape index (κ1) is 13.9. The van der Waals surface area contributed by atoms with Crippen molar-refractivity contribution < 1.29 is 14.3 Å². The molecule has 2 fully saturated rings. The smallest absolute Gasteiger partial charge is 0.330 e. The molecule has 102 valence electrons. The van der Waals surface area contributed by atoms with Gasteiger partial charge in [-0.05, 0) is 38.6 Å². The lowest BCUT2D eigenvalue weighted by atomic mass is 9.83. The molecule has 2 unspecified atom stereocenters. The van der Waals surface area contributed by atoms with E-state index in [0.29, 0.717) is 6.42 Å². The molecule has 1 aliphatic heterocycles. The van der Waals surface area contributed by atoms with Gasteiger partial charge in [-0.3, -0.25) is 4.79 Å². The van der Waals surface area contributed by atoms with Crippen LogP contribution in [0.25, 0.3) is 0 Å². The lowest BCUT2D eigenvalue weighted by Crippen LogP contribution is -2.41. The van der Waals surface area contributed by atoms with E-state index in [1.54, 1.807) is 0 Å². The largest absolute Gasteiger partial charge is 0.392 e. The van der Waals surface area contributed by atoms with Gasteiger partial charge < -0.3 is 10.1 Å². The van der Waals surface area contributed by atoms with Crippen molar-refractivity contribution in [2.45, 2.75) is 56.7 Å². The molecule has 1 aliphatic carbocycles. The molecule has 0 aromatic rings. The Labute approximate surface area is 113 Å². The second-order valence-electron chi connectivity index (χ2n) is 5.28. The molecule has 18 heavy (non-hydrogen) atoms. The van der Waals surface area contributed by atoms with E-state index < -0.39 is 11.4 Å². The molecule has 0 aromatic heterocycles.